The van der Waals surface area contributed by atoms with Gasteiger partial charge in [-0.15, -0.1) is 0 Å². The third kappa shape index (κ3) is 4.05. The number of nitrogens with zero attached hydrogens (tertiary/aromatic N) is 1. The van der Waals surface area contributed by atoms with Crippen LogP contribution >= 0.6 is 24.0 Å². The van der Waals surface area contributed by atoms with Gasteiger partial charge in [-0.3, -0.25) is 9.69 Å². The molecule has 0 saturated carbocycles. The maximum Gasteiger partial charge on any atom is 0.335 e. The third-order valence-electron chi connectivity index (χ3n) is 4.50. The van der Waals surface area contributed by atoms with E-state index in [9.17, 15) is 29.0 Å². The molecule has 0 atom stereocenters. The van der Waals surface area contributed by atoms with Gasteiger partial charge in [-0.25, -0.2) is 14.0 Å². The Balaban J connectivity index is 1.66. The molecule has 32 heavy (non-hydrogen) atoms. The Bertz CT molecular complexity index is 1300. The summed E-state index contributed by atoms with van der Waals surface area (Å²) in [5, 5.41) is 18.5. The lowest BCUT2D eigenvalue weighted by Crippen LogP contribution is -2.28. The van der Waals surface area contributed by atoms with Crippen molar-refractivity contribution >= 4 is 57.9 Å². The largest absolute Gasteiger partial charge is 0.478 e. The topological polar surface area (TPSA) is 108 Å². The van der Waals surface area contributed by atoms with E-state index in [-0.39, 0.29) is 43.1 Å². The Labute approximate surface area is 189 Å². The number of carbonyl (C=O) groups excluding carboxylic acids is 1. The maximum absolute atomic E-state index is 14.1. The van der Waals surface area contributed by atoms with Crippen molar-refractivity contribution < 1.29 is 33.4 Å². The lowest BCUT2D eigenvalue weighted by atomic mass is 10.0. The van der Waals surface area contributed by atoms with E-state index in [4.69, 9.17) is 16.6 Å². The highest BCUT2D eigenvalue weighted by molar-refractivity contribution is 8.27. The number of aromatic carboxylic acids is 2. The van der Waals surface area contributed by atoms with Crippen LogP contribution in [0.5, 0.6) is 0 Å². The summed E-state index contributed by atoms with van der Waals surface area (Å²) < 4.78 is 20.0. The van der Waals surface area contributed by atoms with Gasteiger partial charge in [0.15, 0.2) is 4.32 Å². The molecule has 0 unspecified atom stereocenters. The van der Waals surface area contributed by atoms with Gasteiger partial charge in [0, 0.05) is 11.6 Å². The highest BCUT2D eigenvalue weighted by Gasteiger charge is 2.35. The van der Waals surface area contributed by atoms with Crippen LogP contribution in [0.4, 0.5) is 10.1 Å². The number of carboxylic acids is 2. The van der Waals surface area contributed by atoms with Crippen LogP contribution in [0.3, 0.4) is 0 Å². The molecule has 2 N–H and O–H groups in total. The molecule has 7 nitrogen and oxygen atoms in total. The molecule has 1 fully saturated rings. The first-order valence-corrected chi connectivity index (χ1v) is 10.2. The first-order chi connectivity index (χ1) is 15.2. The van der Waals surface area contributed by atoms with E-state index in [0.717, 1.165) is 22.7 Å². The van der Waals surface area contributed by atoms with Gasteiger partial charge in [0.2, 0.25) is 0 Å². The van der Waals surface area contributed by atoms with Crippen molar-refractivity contribution in [3.05, 3.63) is 82.2 Å². The zero-order chi connectivity index (χ0) is 23.0. The molecule has 2 heterocycles. The summed E-state index contributed by atoms with van der Waals surface area (Å²) in [4.78, 5) is 36.7. The number of carboxylic acid groups (broad SMARTS) is 2. The fourth-order valence-electron chi connectivity index (χ4n) is 3.04. The molecule has 10 heteroatoms. The molecule has 1 saturated heterocycles. The van der Waals surface area contributed by atoms with Crippen molar-refractivity contribution in [2.75, 3.05) is 4.90 Å². The number of halogens is 1. The van der Waals surface area contributed by atoms with E-state index >= 15 is 0 Å². The van der Waals surface area contributed by atoms with Crippen molar-refractivity contribution in [2.45, 2.75) is 0 Å². The van der Waals surface area contributed by atoms with Crippen molar-refractivity contribution in [3.8, 4) is 11.3 Å². The number of hydrogen-bond acceptors (Lipinski definition) is 6. The van der Waals surface area contributed by atoms with Crippen LogP contribution in [0.2, 0.25) is 0 Å². The third-order valence-corrected chi connectivity index (χ3v) is 5.80. The Morgan fingerprint density at radius 3 is 2.31 bits per heavy atom. The molecule has 160 valence electrons. The van der Waals surface area contributed by atoms with E-state index in [1.54, 1.807) is 12.1 Å². The fourth-order valence-corrected chi connectivity index (χ4v) is 4.30. The summed E-state index contributed by atoms with van der Waals surface area (Å²) in [6, 6.07) is 12.5. The second-order valence-electron chi connectivity index (χ2n) is 6.58. The van der Waals surface area contributed by atoms with Crippen molar-refractivity contribution in [1.82, 2.24) is 0 Å². The van der Waals surface area contributed by atoms with Crippen LogP contribution in [0.1, 0.15) is 26.5 Å². The zero-order valence-electron chi connectivity index (χ0n) is 15.9. The molecule has 0 bridgehead atoms. The highest BCUT2D eigenvalue weighted by Crippen LogP contribution is 2.37. The average molecular weight is 469 g/mol. The summed E-state index contributed by atoms with van der Waals surface area (Å²) in [6.45, 7) is 0. The molecule has 2 aromatic carbocycles. The van der Waals surface area contributed by atoms with Gasteiger partial charge < -0.3 is 14.6 Å². The molecule has 4 rings (SSSR count). The van der Waals surface area contributed by atoms with Crippen molar-refractivity contribution in [1.29, 1.82) is 0 Å². The fraction of sp³-hybridized carbons (Fsp3) is 0. The lowest BCUT2D eigenvalue weighted by Gasteiger charge is -2.14. The summed E-state index contributed by atoms with van der Waals surface area (Å²) in [5.74, 6) is -3.18. The second kappa shape index (κ2) is 8.40. The molecule has 1 aliphatic heterocycles. The molecule has 1 aliphatic rings. The first kappa shape index (κ1) is 21.5. The number of carbonyl (C=O) groups is 3. The van der Waals surface area contributed by atoms with Crippen molar-refractivity contribution in [2.24, 2.45) is 0 Å². The molecular formula is C22H12FNO6S2. The Morgan fingerprint density at radius 2 is 1.69 bits per heavy atom. The van der Waals surface area contributed by atoms with Crippen LogP contribution in [0, 0.1) is 5.82 Å². The van der Waals surface area contributed by atoms with Crippen LogP contribution in [0.25, 0.3) is 17.4 Å². The maximum atomic E-state index is 14.1. The van der Waals surface area contributed by atoms with E-state index < -0.39 is 23.7 Å². The minimum absolute atomic E-state index is 0.0465. The van der Waals surface area contributed by atoms with E-state index in [1.807, 2.05) is 0 Å². The molecule has 1 aromatic heterocycles. The van der Waals surface area contributed by atoms with E-state index in [2.05, 4.69) is 0 Å². The van der Waals surface area contributed by atoms with Gasteiger partial charge in [0.25, 0.3) is 5.91 Å². The average Bonchev–Trinajstić information content (AvgIpc) is 3.33. The summed E-state index contributed by atoms with van der Waals surface area (Å²) in [5.41, 5.74) is -0.113. The van der Waals surface area contributed by atoms with Crippen molar-refractivity contribution in [3.63, 3.8) is 0 Å². The Kier molecular flexibility index (Phi) is 5.64. The number of benzene rings is 2. The van der Waals surface area contributed by atoms with Gasteiger partial charge in [0.1, 0.15) is 17.3 Å². The molecule has 0 aliphatic carbocycles. The van der Waals surface area contributed by atoms with Crippen LogP contribution in [-0.4, -0.2) is 32.4 Å². The van der Waals surface area contributed by atoms with Gasteiger partial charge in [-0.2, -0.15) is 0 Å². The molecule has 0 spiro atoms. The standard InChI is InChI=1S/C22H12FNO6S2/c23-15-3-1-2-4-16(15)24-19(25)18(32-22(24)31)10-14-5-6-17(30-14)11-7-12(20(26)27)9-13(8-11)21(28)29/h1-10H,(H,26,27)(H,28,29)/b18-10-. The van der Waals surface area contributed by atoms with Gasteiger partial charge in [-0.1, -0.05) is 36.1 Å². The number of anilines is 1. The quantitative estimate of drug-likeness (QED) is 0.402. The smallest absolute Gasteiger partial charge is 0.335 e. The number of amides is 1. The lowest BCUT2D eigenvalue weighted by molar-refractivity contribution is -0.113. The number of rotatable bonds is 5. The number of furan rings is 1. The normalized spacial score (nSPS) is 14.9. The minimum Gasteiger partial charge on any atom is -0.478 e. The van der Waals surface area contributed by atoms with Crippen LogP contribution in [0.15, 0.2) is 63.9 Å². The predicted octanol–water partition coefficient (Wildman–Crippen LogP) is 4.89. The highest BCUT2D eigenvalue weighted by atomic mass is 32.2. The minimum atomic E-state index is -1.28. The summed E-state index contributed by atoms with van der Waals surface area (Å²) >= 11 is 6.22. The van der Waals surface area contributed by atoms with Gasteiger partial charge >= 0.3 is 11.9 Å². The van der Waals surface area contributed by atoms with Crippen LogP contribution in [-0.2, 0) is 4.79 Å². The molecule has 3 aromatic rings. The number of thioether (sulfide) groups is 1. The monoisotopic (exact) mass is 469 g/mol. The molecular weight excluding hydrogens is 457 g/mol. The first-order valence-electron chi connectivity index (χ1n) is 8.99. The molecule has 1 amide bonds. The van der Waals surface area contributed by atoms with Gasteiger partial charge in [-0.05, 0) is 42.5 Å². The zero-order valence-corrected chi connectivity index (χ0v) is 17.6. The number of para-hydroxylation sites is 1. The van der Waals surface area contributed by atoms with E-state index in [0.29, 0.717) is 0 Å². The van der Waals surface area contributed by atoms with E-state index in [1.165, 1.54) is 42.5 Å². The Hall–Kier alpha value is -3.76. The molecule has 0 radical (unpaired) electrons. The SMILES string of the molecule is O=C(O)c1cc(C(=O)O)cc(-c2ccc(/C=C3\SC(=S)N(c4ccccc4F)C3=O)o2)c1. The number of hydrogen-bond donors (Lipinski definition) is 2. The predicted molar refractivity (Wildman–Crippen MR) is 120 cm³/mol. The second-order valence-corrected chi connectivity index (χ2v) is 8.26. The van der Waals surface area contributed by atoms with Crippen LogP contribution < -0.4 is 4.90 Å². The Morgan fingerprint density at radius 1 is 1.03 bits per heavy atom. The summed E-state index contributed by atoms with van der Waals surface area (Å²) in [7, 11) is 0. The number of thiocarbonyl (C=S) groups is 1. The summed E-state index contributed by atoms with van der Waals surface area (Å²) in [6.07, 6.45) is 1.43. The van der Waals surface area contributed by atoms with Gasteiger partial charge in [0.05, 0.1) is 21.7 Å².